The average Bonchev–Trinajstić information content (AvgIpc) is 3.29. The molecule has 0 bridgehead atoms. The summed E-state index contributed by atoms with van der Waals surface area (Å²) in [5.74, 6) is -0.749. The molecule has 10 heteroatoms. The molecule has 3 rings (SSSR count). The zero-order valence-corrected chi connectivity index (χ0v) is 22.5. The minimum Gasteiger partial charge on any atom is -0.352 e. The van der Waals surface area contributed by atoms with Gasteiger partial charge in [0.05, 0.1) is 11.9 Å². The number of halogens is 2. The molecule has 0 saturated heterocycles. The number of hydrogen-bond donors (Lipinski definition) is 1. The predicted octanol–water partition coefficient (Wildman–Crippen LogP) is 4.54. The lowest BCUT2D eigenvalue weighted by atomic mass is 10.1. The Labute approximate surface area is 217 Å². The maximum absolute atomic E-state index is 13.6. The molecule has 190 valence electrons. The van der Waals surface area contributed by atoms with Gasteiger partial charge in [0.15, 0.2) is 0 Å². The summed E-state index contributed by atoms with van der Waals surface area (Å²) in [6, 6.07) is 11.1. The highest BCUT2D eigenvalue weighted by molar-refractivity contribution is 7.92. The Morgan fingerprint density at radius 2 is 1.66 bits per heavy atom. The zero-order chi connectivity index (χ0) is 25.8. The number of nitrogens with one attached hydrogen (secondary N) is 1. The van der Waals surface area contributed by atoms with Crippen LogP contribution in [0.5, 0.6) is 0 Å². The Hall–Kier alpha value is -2.29. The van der Waals surface area contributed by atoms with Gasteiger partial charge in [0, 0.05) is 22.6 Å². The summed E-state index contributed by atoms with van der Waals surface area (Å²) in [6.07, 6.45) is 5.02. The van der Waals surface area contributed by atoms with E-state index in [1.54, 1.807) is 56.3 Å². The van der Waals surface area contributed by atoms with Crippen molar-refractivity contribution in [1.82, 2.24) is 10.2 Å². The molecule has 0 radical (unpaired) electrons. The lowest BCUT2D eigenvalue weighted by Gasteiger charge is -2.32. The van der Waals surface area contributed by atoms with Crippen LogP contribution in [0, 0.1) is 6.92 Å². The summed E-state index contributed by atoms with van der Waals surface area (Å²) in [4.78, 5) is 28.1. The summed E-state index contributed by atoms with van der Waals surface area (Å²) in [6.45, 7) is 3.08. The van der Waals surface area contributed by atoms with Gasteiger partial charge in [-0.15, -0.1) is 0 Å². The number of amides is 2. The highest BCUT2D eigenvalue weighted by Crippen LogP contribution is 2.26. The van der Waals surface area contributed by atoms with Gasteiger partial charge in [0.25, 0.3) is 0 Å². The molecule has 2 amide bonds. The van der Waals surface area contributed by atoms with E-state index in [-0.39, 0.29) is 18.5 Å². The first kappa shape index (κ1) is 27.3. The van der Waals surface area contributed by atoms with Crippen molar-refractivity contribution < 1.29 is 18.0 Å². The van der Waals surface area contributed by atoms with Crippen LogP contribution >= 0.6 is 23.2 Å². The van der Waals surface area contributed by atoms with E-state index in [2.05, 4.69) is 5.32 Å². The minimum atomic E-state index is -3.80. The van der Waals surface area contributed by atoms with Gasteiger partial charge in [-0.2, -0.15) is 0 Å². The number of carbonyl (C=O) groups is 2. The number of nitrogens with zero attached hydrogens (tertiary/aromatic N) is 2. The molecular formula is C25H31Cl2N3O4S. The van der Waals surface area contributed by atoms with E-state index in [0.717, 1.165) is 41.8 Å². The molecule has 0 spiro atoms. The molecule has 0 unspecified atom stereocenters. The second kappa shape index (κ2) is 11.6. The van der Waals surface area contributed by atoms with Crippen molar-refractivity contribution in [2.75, 3.05) is 17.1 Å². The van der Waals surface area contributed by atoms with Crippen molar-refractivity contribution in [3.05, 3.63) is 63.6 Å². The maximum atomic E-state index is 13.6. The van der Waals surface area contributed by atoms with Gasteiger partial charge in [0.1, 0.15) is 12.6 Å². The minimum absolute atomic E-state index is 0.0988. The van der Waals surface area contributed by atoms with Gasteiger partial charge < -0.3 is 10.2 Å². The summed E-state index contributed by atoms with van der Waals surface area (Å²) >= 11 is 12.0. The smallest absolute Gasteiger partial charge is 0.244 e. The summed E-state index contributed by atoms with van der Waals surface area (Å²) in [5, 5.41) is 4.06. The molecule has 1 N–H and O–H groups in total. The number of rotatable bonds is 9. The normalized spacial score (nSPS) is 15.0. The Morgan fingerprint density at radius 1 is 1.06 bits per heavy atom. The van der Waals surface area contributed by atoms with E-state index >= 15 is 0 Å². The van der Waals surface area contributed by atoms with Crippen LogP contribution in [0.25, 0.3) is 0 Å². The fourth-order valence-electron chi connectivity index (χ4n) is 4.25. The van der Waals surface area contributed by atoms with E-state index in [1.165, 1.54) is 4.90 Å². The maximum Gasteiger partial charge on any atom is 0.244 e. The first-order chi connectivity index (χ1) is 16.5. The van der Waals surface area contributed by atoms with Crippen molar-refractivity contribution in [2.24, 2.45) is 0 Å². The predicted molar refractivity (Wildman–Crippen MR) is 140 cm³/mol. The lowest BCUT2D eigenvalue weighted by Crippen LogP contribution is -2.52. The van der Waals surface area contributed by atoms with Gasteiger partial charge in [0.2, 0.25) is 21.8 Å². The number of sulfonamides is 1. The van der Waals surface area contributed by atoms with Gasteiger partial charge in [-0.1, -0.05) is 48.2 Å². The van der Waals surface area contributed by atoms with Crippen LogP contribution < -0.4 is 9.62 Å². The monoisotopic (exact) mass is 539 g/mol. The Morgan fingerprint density at radius 3 is 2.23 bits per heavy atom. The van der Waals surface area contributed by atoms with Crippen molar-refractivity contribution >= 4 is 50.7 Å². The quantitative estimate of drug-likeness (QED) is 0.506. The second-order valence-electron chi connectivity index (χ2n) is 9.01. The number of benzene rings is 2. The summed E-state index contributed by atoms with van der Waals surface area (Å²) in [5.41, 5.74) is 1.75. The topological polar surface area (TPSA) is 86.8 Å². The fourth-order valence-corrected chi connectivity index (χ4v) is 5.51. The van der Waals surface area contributed by atoms with Crippen molar-refractivity contribution in [3.63, 3.8) is 0 Å². The molecule has 35 heavy (non-hydrogen) atoms. The van der Waals surface area contributed by atoms with Gasteiger partial charge in [-0.05, 0) is 68.1 Å². The molecule has 0 aromatic heterocycles. The molecule has 2 aromatic carbocycles. The van der Waals surface area contributed by atoms with Crippen molar-refractivity contribution in [2.45, 2.75) is 58.2 Å². The fraction of sp³-hybridized carbons (Fsp3) is 0.440. The van der Waals surface area contributed by atoms with Crippen LogP contribution in [0.3, 0.4) is 0 Å². The third-order valence-electron chi connectivity index (χ3n) is 6.24. The number of aryl methyl sites for hydroxylation is 1. The Kier molecular flexibility index (Phi) is 9.07. The number of anilines is 1. The van der Waals surface area contributed by atoms with Gasteiger partial charge >= 0.3 is 0 Å². The third-order valence-corrected chi connectivity index (χ3v) is 7.86. The van der Waals surface area contributed by atoms with Crippen LogP contribution in [0.1, 0.15) is 43.7 Å². The molecule has 2 aromatic rings. The third kappa shape index (κ3) is 7.35. The molecule has 0 aliphatic heterocycles. The molecule has 1 saturated carbocycles. The Balaban J connectivity index is 1.89. The molecule has 0 heterocycles. The standard InChI is InChI=1S/C25H31Cl2N3O4S/c1-17-14-21(27)12-13-23(17)30(35(3,33)34)16-24(31)29(15-19-8-10-20(26)11-9-19)18(2)25(32)28-22-6-4-5-7-22/h8-14,18,22H,4-7,15-16H2,1-3H3,(H,28,32)/t18-/m0/s1. The zero-order valence-electron chi connectivity index (χ0n) is 20.1. The summed E-state index contributed by atoms with van der Waals surface area (Å²) < 4.78 is 26.4. The molecule has 1 atom stereocenters. The van der Waals surface area contributed by atoms with E-state index < -0.39 is 28.5 Å². The van der Waals surface area contributed by atoms with Crippen LogP contribution in [0.15, 0.2) is 42.5 Å². The van der Waals surface area contributed by atoms with Gasteiger partial charge in [-0.25, -0.2) is 8.42 Å². The van der Waals surface area contributed by atoms with E-state index in [9.17, 15) is 18.0 Å². The lowest BCUT2D eigenvalue weighted by molar-refractivity contribution is -0.139. The number of hydrogen-bond acceptors (Lipinski definition) is 4. The largest absolute Gasteiger partial charge is 0.352 e. The van der Waals surface area contributed by atoms with Crippen LogP contribution in [-0.2, 0) is 26.2 Å². The second-order valence-corrected chi connectivity index (χ2v) is 11.8. The summed E-state index contributed by atoms with van der Waals surface area (Å²) in [7, 11) is -3.80. The van der Waals surface area contributed by atoms with E-state index in [0.29, 0.717) is 21.3 Å². The number of carbonyl (C=O) groups excluding carboxylic acids is 2. The van der Waals surface area contributed by atoms with Crippen molar-refractivity contribution in [3.8, 4) is 0 Å². The van der Waals surface area contributed by atoms with Crippen LogP contribution in [-0.4, -0.2) is 50.0 Å². The molecule has 7 nitrogen and oxygen atoms in total. The van der Waals surface area contributed by atoms with E-state index in [4.69, 9.17) is 23.2 Å². The molecule has 1 fully saturated rings. The molecule has 1 aliphatic rings. The van der Waals surface area contributed by atoms with Crippen molar-refractivity contribution in [1.29, 1.82) is 0 Å². The molecular weight excluding hydrogens is 509 g/mol. The highest BCUT2D eigenvalue weighted by Gasteiger charge is 2.31. The Bertz CT molecular complexity index is 1170. The first-order valence-corrected chi connectivity index (χ1v) is 14.1. The van der Waals surface area contributed by atoms with Crippen LogP contribution in [0.2, 0.25) is 10.0 Å². The average molecular weight is 541 g/mol. The van der Waals surface area contributed by atoms with E-state index in [1.807, 2.05) is 0 Å². The first-order valence-electron chi connectivity index (χ1n) is 11.5. The molecule has 1 aliphatic carbocycles. The highest BCUT2D eigenvalue weighted by atomic mass is 35.5. The van der Waals surface area contributed by atoms with Gasteiger partial charge in [-0.3, -0.25) is 13.9 Å². The van der Waals surface area contributed by atoms with Crippen LogP contribution in [0.4, 0.5) is 5.69 Å². The SMILES string of the molecule is Cc1cc(Cl)ccc1N(CC(=O)N(Cc1ccc(Cl)cc1)[C@@H](C)C(=O)NC1CCCC1)S(C)(=O)=O.